The highest BCUT2D eigenvalue weighted by Gasteiger charge is 2.30. The lowest BCUT2D eigenvalue weighted by Gasteiger charge is -2.34. The van der Waals surface area contributed by atoms with Crippen LogP contribution in [0.3, 0.4) is 0 Å². The third kappa shape index (κ3) is 2.45. The fourth-order valence-corrected chi connectivity index (χ4v) is 1.60. The minimum absolute atomic E-state index is 0.0103. The highest BCUT2D eigenvalue weighted by Crippen LogP contribution is 2.28. The van der Waals surface area contributed by atoms with Crippen molar-refractivity contribution in [1.82, 2.24) is 0 Å². The maximum Gasteiger partial charge on any atom is 0.129 e. The molecule has 0 heterocycles. The molecular weight excluding hydrogens is 202 g/mol. The van der Waals surface area contributed by atoms with E-state index in [1.54, 1.807) is 7.11 Å². The smallest absolute Gasteiger partial charge is 0.129 e. The Morgan fingerprint density at radius 1 is 1.07 bits per heavy atom. The summed E-state index contributed by atoms with van der Waals surface area (Å²) in [5, 5.41) is 0. The Morgan fingerprint density at radius 2 is 1.67 bits per heavy atom. The predicted octanol–water partition coefficient (Wildman–Crippen LogP) is 2.52. The van der Waals surface area contributed by atoms with E-state index < -0.39 is 11.6 Å². The van der Waals surface area contributed by atoms with Crippen molar-refractivity contribution in [3.05, 3.63) is 29.8 Å². The molecule has 0 bridgehead atoms. The minimum atomic E-state index is -0.618. The van der Waals surface area contributed by atoms with E-state index in [0.29, 0.717) is 0 Å². The summed E-state index contributed by atoms with van der Waals surface area (Å²) < 4.78 is 36.1. The summed E-state index contributed by atoms with van der Waals surface area (Å²) in [5.74, 6) is -0.993. The lowest BCUT2D eigenvalue weighted by Crippen LogP contribution is -2.38. The normalized spacial score (nSPS) is 24.7. The third-order valence-electron chi connectivity index (χ3n) is 2.52. The molecule has 0 unspecified atom stereocenters. The van der Waals surface area contributed by atoms with Gasteiger partial charge in [0.1, 0.15) is 23.5 Å². The van der Waals surface area contributed by atoms with Crippen LogP contribution in [0.4, 0.5) is 8.78 Å². The van der Waals surface area contributed by atoms with Crippen LogP contribution in [0, 0.1) is 11.6 Å². The summed E-state index contributed by atoms with van der Waals surface area (Å²) >= 11 is 0. The van der Waals surface area contributed by atoms with Gasteiger partial charge in [-0.1, -0.05) is 0 Å². The van der Waals surface area contributed by atoms with E-state index in [0.717, 1.165) is 18.9 Å². The van der Waals surface area contributed by atoms with Crippen LogP contribution in [0.5, 0.6) is 5.75 Å². The van der Waals surface area contributed by atoms with Gasteiger partial charge in [0.25, 0.3) is 0 Å². The number of methoxy groups -OCH3 is 1. The third-order valence-corrected chi connectivity index (χ3v) is 2.52. The summed E-state index contributed by atoms with van der Waals surface area (Å²) in [4.78, 5) is 0. The number of rotatable bonds is 3. The molecule has 0 radical (unpaired) electrons. The zero-order valence-electron chi connectivity index (χ0n) is 8.37. The monoisotopic (exact) mass is 214 g/mol. The Labute approximate surface area is 86.8 Å². The molecule has 0 spiro atoms. The van der Waals surface area contributed by atoms with Gasteiger partial charge < -0.3 is 9.47 Å². The van der Waals surface area contributed by atoms with Gasteiger partial charge in [-0.05, 0) is 0 Å². The number of hydrogen-bond donors (Lipinski definition) is 0. The fourth-order valence-electron chi connectivity index (χ4n) is 1.60. The first-order valence-electron chi connectivity index (χ1n) is 4.83. The van der Waals surface area contributed by atoms with E-state index in [-0.39, 0.29) is 18.0 Å². The van der Waals surface area contributed by atoms with Crippen LogP contribution < -0.4 is 4.74 Å². The highest BCUT2D eigenvalue weighted by atomic mass is 19.1. The van der Waals surface area contributed by atoms with E-state index in [1.165, 1.54) is 12.1 Å². The molecule has 1 saturated carbocycles. The largest absolute Gasteiger partial charge is 0.490 e. The van der Waals surface area contributed by atoms with Crippen LogP contribution in [0.2, 0.25) is 0 Å². The van der Waals surface area contributed by atoms with Crippen molar-refractivity contribution in [3.8, 4) is 5.75 Å². The van der Waals surface area contributed by atoms with Gasteiger partial charge in [-0.2, -0.15) is 0 Å². The summed E-state index contributed by atoms with van der Waals surface area (Å²) in [7, 11) is 1.64. The van der Waals surface area contributed by atoms with Crippen molar-refractivity contribution in [3.63, 3.8) is 0 Å². The summed E-state index contributed by atoms with van der Waals surface area (Å²) in [5.41, 5.74) is 0. The van der Waals surface area contributed by atoms with Gasteiger partial charge in [0.15, 0.2) is 0 Å². The molecule has 2 nitrogen and oxygen atoms in total. The molecule has 1 aromatic carbocycles. The summed E-state index contributed by atoms with van der Waals surface area (Å²) in [6.45, 7) is 0. The maximum atomic E-state index is 12.8. The molecule has 0 N–H and O–H groups in total. The number of benzene rings is 1. The van der Waals surface area contributed by atoms with E-state index >= 15 is 0 Å². The second-order valence-electron chi connectivity index (χ2n) is 3.67. The van der Waals surface area contributed by atoms with Crippen LogP contribution in [0.1, 0.15) is 12.8 Å². The Kier molecular flexibility index (Phi) is 2.86. The fraction of sp³-hybridized carbons (Fsp3) is 0.455. The van der Waals surface area contributed by atoms with Crippen LogP contribution in [0.25, 0.3) is 0 Å². The topological polar surface area (TPSA) is 18.5 Å². The lowest BCUT2D eigenvalue weighted by atomic mass is 9.92. The van der Waals surface area contributed by atoms with Gasteiger partial charge in [0.05, 0.1) is 6.10 Å². The Hall–Kier alpha value is -1.16. The zero-order chi connectivity index (χ0) is 10.8. The first-order chi connectivity index (χ1) is 7.17. The molecule has 0 saturated heterocycles. The Bertz CT molecular complexity index is 328. The van der Waals surface area contributed by atoms with Crippen molar-refractivity contribution in [2.45, 2.75) is 25.0 Å². The van der Waals surface area contributed by atoms with Crippen LogP contribution >= 0.6 is 0 Å². The zero-order valence-corrected chi connectivity index (χ0v) is 8.37. The van der Waals surface area contributed by atoms with Crippen molar-refractivity contribution < 1.29 is 18.3 Å². The molecule has 1 fully saturated rings. The average Bonchev–Trinajstić information content (AvgIpc) is 2.08. The van der Waals surface area contributed by atoms with Gasteiger partial charge in [0, 0.05) is 38.2 Å². The van der Waals surface area contributed by atoms with Crippen LogP contribution in [-0.2, 0) is 4.74 Å². The Morgan fingerprint density at radius 3 is 2.20 bits per heavy atom. The molecule has 0 atom stereocenters. The molecule has 15 heavy (non-hydrogen) atoms. The molecular formula is C11H12F2O2. The molecule has 2 rings (SSSR count). The van der Waals surface area contributed by atoms with Gasteiger partial charge in [-0.3, -0.25) is 0 Å². The van der Waals surface area contributed by atoms with Crippen molar-refractivity contribution in [1.29, 1.82) is 0 Å². The number of hydrogen-bond acceptors (Lipinski definition) is 2. The van der Waals surface area contributed by atoms with E-state index in [2.05, 4.69) is 0 Å². The molecule has 1 aromatic rings. The summed E-state index contributed by atoms with van der Waals surface area (Å²) in [6, 6.07) is 3.19. The quantitative estimate of drug-likeness (QED) is 0.769. The lowest BCUT2D eigenvalue weighted by molar-refractivity contribution is -0.0382. The van der Waals surface area contributed by atoms with Gasteiger partial charge >= 0.3 is 0 Å². The standard InChI is InChI=1S/C11H12F2O2/c1-14-9-5-11(6-9)15-10-3-7(12)2-8(13)4-10/h2-4,9,11H,5-6H2,1H3. The molecule has 1 aliphatic rings. The number of halogens is 2. The first kappa shape index (κ1) is 10.4. The van der Waals surface area contributed by atoms with Gasteiger partial charge in [-0.25, -0.2) is 8.78 Å². The molecule has 0 aromatic heterocycles. The average molecular weight is 214 g/mol. The second kappa shape index (κ2) is 4.14. The number of ether oxygens (including phenoxy) is 2. The van der Waals surface area contributed by atoms with Crippen molar-refractivity contribution in [2.75, 3.05) is 7.11 Å². The first-order valence-corrected chi connectivity index (χ1v) is 4.83. The molecule has 0 amide bonds. The van der Waals surface area contributed by atoms with E-state index in [4.69, 9.17) is 9.47 Å². The molecule has 82 valence electrons. The minimum Gasteiger partial charge on any atom is -0.490 e. The van der Waals surface area contributed by atoms with Gasteiger partial charge in [0.2, 0.25) is 0 Å². The molecule has 0 aliphatic heterocycles. The van der Waals surface area contributed by atoms with Crippen LogP contribution in [0.15, 0.2) is 18.2 Å². The van der Waals surface area contributed by atoms with Gasteiger partial charge in [-0.15, -0.1) is 0 Å². The van der Waals surface area contributed by atoms with Crippen LogP contribution in [-0.4, -0.2) is 19.3 Å². The van der Waals surface area contributed by atoms with E-state index in [9.17, 15) is 8.78 Å². The predicted molar refractivity (Wildman–Crippen MR) is 50.8 cm³/mol. The maximum absolute atomic E-state index is 12.8. The second-order valence-corrected chi connectivity index (χ2v) is 3.67. The highest BCUT2D eigenvalue weighted by molar-refractivity contribution is 5.24. The Balaban J connectivity index is 1.94. The SMILES string of the molecule is COC1CC(Oc2cc(F)cc(F)c2)C1. The summed E-state index contributed by atoms with van der Waals surface area (Å²) in [6.07, 6.45) is 1.77. The van der Waals surface area contributed by atoms with Crippen molar-refractivity contribution >= 4 is 0 Å². The van der Waals surface area contributed by atoms with Crippen molar-refractivity contribution in [2.24, 2.45) is 0 Å². The molecule has 4 heteroatoms. The molecule has 1 aliphatic carbocycles. The van der Waals surface area contributed by atoms with E-state index in [1.807, 2.05) is 0 Å².